The molecule has 32 heavy (non-hydrogen) atoms. The van der Waals surface area contributed by atoms with Crippen LogP contribution in [0.25, 0.3) is 10.8 Å². The summed E-state index contributed by atoms with van der Waals surface area (Å²) in [6, 6.07) is 25.4. The van der Waals surface area contributed by atoms with Crippen LogP contribution in [0.4, 0.5) is 0 Å². The van der Waals surface area contributed by atoms with Crippen molar-refractivity contribution in [3.63, 3.8) is 0 Å². The number of carbonyl (C=O) groups excluding carboxylic acids is 1. The average Bonchev–Trinajstić information content (AvgIpc) is 2.85. The molecule has 0 N–H and O–H groups in total. The molecular weight excluding hydrogens is 392 g/mol. The summed E-state index contributed by atoms with van der Waals surface area (Å²) in [6.07, 6.45) is 6.19. The zero-order chi connectivity index (χ0) is 22.0. The lowest BCUT2D eigenvalue weighted by Crippen LogP contribution is -2.69. The van der Waals surface area contributed by atoms with Crippen LogP contribution in [0, 0.1) is 5.92 Å². The van der Waals surface area contributed by atoms with Crippen molar-refractivity contribution in [3.05, 3.63) is 83.9 Å². The first-order chi connectivity index (χ1) is 15.7. The smallest absolute Gasteiger partial charge is 0.258 e. The van der Waals surface area contributed by atoms with Crippen LogP contribution in [0.1, 0.15) is 54.9 Å². The summed E-state index contributed by atoms with van der Waals surface area (Å²) >= 11 is 0. The highest BCUT2D eigenvalue weighted by atomic mass is 16.2. The zero-order valence-corrected chi connectivity index (χ0v) is 19.2. The molecule has 0 radical (unpaired) electrons. The van der Waals surface area contributed by atoms with Crippen molar-refractivity contribution in [2.45, 2.75) is 51.7 Å². The minimum absolute atomic E-state index is 0.221. The molecule has 6 rings (SSSR count). The number of benzene rings is 3. The van der Waals surface area contributed by atoms with Crippen molar-refractivity contribution in [1.82, 2.24) is 4.90 Å². The minimum Gasteiger partial charge on any atom is -0.300 e. The molecule has 166 valence electrons. The Morgan fingerprint density at radius 3 is 2.44 bits per heavy atom. The summed E-state index contributed by atoms with van der Waals surface area (Å²) in [5, 5.41) is 2.22. The van der Waals surface area contributed by atoms with E-state index >= 15 is 0 Å². The fourth-order valence-corrected chi connectivity index (χ4v) is 6.11. The van der Waals surface area contributed by atoms with E-state index in [1.54, 1.807) is 0 Å². The topological polar surface area (TPSA) is 20.3 Å². The lowest BCUT2D eigenvalue weighted by atomic mass is 9.82. The van der Waals surface area contributed by atoms with Crippen LogP contribution in [0.3, 0.4) is 0 Å². The molecule has 1 unspecified atom stereocenters. The van der Waals surface area contributed by atoms with Gasteiger partial charge in [-0.1, -0.05) is 80.1 Å². The van der Waals surface area contributed by atoms with Gasteiger partial charge in [0.15, 0.2) is 6.17 Å². The van der Waals surface area contributed by atoms with Crippen molar-refractivity contribution in [2.75, 3.05) is 19.6 Å². The van der Waals surface area contributed by atoms with Gasteiger partial charge in [-0.25, -0.2) is 0 Å². The molecule has 0 aliphatic carbocycles. The number of nitrogens with zero attached hydrogens (tertiary/aromatic N) is 2. The first-order valence-corrected chi connectivity index (χ1v) is 12.4. The molecular formula is C29H35N2O+. The van der Waals surface area contributed by atoms with Crippen LogP contribution >= 0.6 is 0 Å². The second-order valence-electron chi connectivity index (χ2n) is 9.85. The van der Waals surface area contributed by atoms with Crippen LogP contribution < -0.4 is 0 Å². The van der Waals surface area contributed by atoms with Gasteiger partial charge >= 0.3 is 0 Å². The maximum Gasteiger partial charge on any atom is 0.258 e. The van der Waals surface area contributed by atoms with Gasteiger partial charge in [-0.2, -0.15) is 0 Å². The lowest BCUT2D eigenvalue weighted by Gasteiger charge is -2.57. The molecule has 0 spiro atoms. The summed E-state index contributed by atoms with van der Waals surface area (Å²) < 4.78 is 1.04. The first-order valence-electron chi connectivity index (χ1n) is 12.4. The molecule has 3 aromatic carbocycles. The monoisotopic (exact) mass is 427 g/mol. The van der Waals surface area contributed by atoms with Crippen LogP contribution in [0.15, 0.2) is 72.8 Å². The Labute approximate surface area is 192 Å². The van der Waals surface area contributed by atoms with E-state index in [9.17, 15) is 4.79 Å². The van der Waals surface area contributed by atoms with Crippen molar-refractivity contribution < 1.29 is 9.28 Å². The van der Waals surface area contributed by atoms with E-state index in [-0.39, 0.29) is 12.1 Å². The molecule has 2 bridgehead atoms. The van der Waals surface area contributed by atoms with E-state index in [1.807, 2.05) is 18.2 Å². The number of hydrogen-bond donors (Lipinski definition) is 0. The Balaban J connectivity index is 1.53. The molecule has 3 saturated heterocycles. The molecule has 0 saturated carbocycles. The number of quaternary nitrogens is 1. The Morgan fingerprint density at radius 2 is 1.66 bits per heavy atom. The number of fused-ring (bicyclic) bond motifs is 4. The summed E-state index contributed by atoms with van der Waals surface area (Å²) in [5.41, 5.74) is 2.26. The fourth-order valence-electron chi connectivity index (χ4n) is 6.11. The van der Waals surface area contributed by atoms with Crippen molar-refractivity contribution in [3.8, 4) is 0 Å². The van der Waals surface area contributed by atoms with Crippen molar-refractivity contribution >= 4 is 16.7 Å². The van der Waals surface area contributed by atoms with Gasteiger partial charge in [0.2, 0.25) is 0 Å². The van der Waals surface area contributed by atoms with Crippen LogP contribution in [-0.2, 0) is 6.54 Å². The quantitative estimate of drug-likeness (QED) is 0.409. The van der Waals surface area contributed by atoms with Crippen LogP contribution in [-0.4, -0.2) is 41.1 Å². The summed E-state index contributed by atoms with van der Waals surface area (Å²) in [4.78, 5) is 16.4. The molecule has 3 heteroatoms. The molecule has 1 atom stereocenters. The Hall–Kier alpha value is -2.65. The normalized spacial score (nSPS) is 24.5. The predicted molar refractivity (Wildman–Crippen MR) is 131 cm³/mol. The first kappa shape index (κ1) is 21.2. The van der Waals surface area contributed by atoms with Gasteiger partial charge in [0, 0.05) is 24.1 Å². The van der Waals surface area contributed by atoms with Gasteiger partial charge in [-0.15, -0.1) is 0 Å². The van der Waals surface area contributed by atoms with Gasteiger partial charge in [0.25, 0.3) is 5.91 Å². The predicted octanol–water partition coefficient (Wildman–Crippen LogP) is 6.24. The molecule has 3 heterocycles. The minimum atomic E-state index is 0.221. The standard InChI is InChI=1S/C29H35N2O/c1-2-3-18-30(29(32)27-15-9-13-25-12-7-8-14-26(25)27)28-21-23-16-19-31(28,20-17-23)22-24-10-5-4-6-11-24/h4-15,23,28H,2-3,16-22H2,1H3/q+1. The van der Waals surface area contributed by atoms with Gasteiger partial charge in [0.1, 0.15) is 6.54 Å². The van der Waals surface area contributed by atoms with Crippen molar-refractivity contribution in [1.29, 1.82) is 0 Å². The Morgan fingerprint density at radius 1 is 0.938 bits per heavy atom. The third-order valence-electron chi connectivity index (χ3n) is 7.88. The molecule has 3 aromatic rings. The van der Waals surface area contributed by atoms with E-state index in [4.69, 9.17) is 0 Å². The maximum absolute atomic E-state index is 14.2. The van der Waals surface area contributed by atoms with E-state index in [1.165, 1.54) is 31.5 Å². The van der Waals surface area contributed by atoms with Crippen LogP contribution in [0.5, 0.6) is 0 Å². The number of hydrogen-bond acceptors (Lipinski definition) is 1. The second kappa shape index (κ2) is 9.07. The van der Waals surface area contributed by atoms with E-state index < -0.39 is 0 Å². The molecule has 3 aliphatic rings. The van der Waals surface area contributed by atoms with Gasteiger partial charge in [-0.3, -0.25) is 9.69 Å². The largest absolute Gasteiger partial charge is 0.300 e. The number of unbranched alkanes of at least 4 members (excludes halogenated alkanes) is 1. The molecule has 3 aliphatic heterocycles. The van der Waals surface area contributed by atoms with E-state index in [0.717, 1.165) is 59.1 Å². The van der Waals surface area contributed by atoms with Gasteiger partial charge < -0.3 is 4.48 Å². The third-order valence-corrected chi connectivity index (χ3v) is 7.88. The van der Waals surface area contributed by atoms with E-state index in [2.05, 4.69) is 66.4 Å². The average molecular weight is 428 g/mol. The highest BCUT2D eigenvalue weighted by molar-refractivity contribution is 6.07. The molecule has 1 amide bonds. The molecule has 0 aromatic heterocycles. The molecule has 3 fully saturated rings. The number of amides is 1. The van der Waals surface area contributed by atoms with E-state index in [0.29, 0.717) is 0 Å². The molecule has 3 nitrogen and oxygen atoms in total. The Kier molecular flexibility index (Phi) is 6.01. The highest BCUT2D eigenvalue weighted by Crippen LogP contribution is 2.42. The fraction of sp³-hybridized carbons (Fsp3) is 0.414. The number of piperidine rings is 3. The van der Waals surface area contributed by atoms with Crippen molar-refractivity contribution in [2.24, 2.45) is 5.92 Å². The summed E-state index contributed by atoms with van der Waals surface area (Å²) in [6.45, 7) is 6.49. The zero-order valence-electron chi connectivity index (χ0n) is 19.2. The van der Waals surface area contributed by atoms with Gasteiger partial charge in [0.05, 0.1) is 13.1 Å². The maximum atomic E-state index is 14.2. The lowest BCUT2D eigenvalue weighted by molar-refractivity contribution is -0.987. The Bertz CT molecular complexity index is 1060. The summed E-state index contributed by atoms with van der Waals surface area (Å²) in [5.74, 6) is 0.985. The van der Waals surface area contributed by atoms with Crippen LogP contribution in [0.2, 0.25) is 0 Å². The summed E-state index contributed by atoms with van der Waals surface area (Å²) in [7, 11) is 0. The highest BCUT2D eigenvalue weighted by Gasteiger charge is 2.51. The second-order valence-corrected chi connectivity index (χ2v) is 9.85. The number of carbonyl (C=O) groups is 1. The SMILES string of the molecule is CCCCN(C(=O)c1cccc2ccccc12)C1CC2CC[N+]1(Cc1ccccc1)CC2. The third kappa shape index (κ3) is 3.95. The van der Waals surface area contributed by atoms with Gasteiger partial charge in [-0.05, 0) is 42.0 Å². The number of rotatable bonds is 7.